The van der Waals surface area contributed by atoms with Gasteiger partial charge in [0.25, 0.3) is 29.4 Å². The third-order valence-electron chi connectivity index (χ3n) is 22.7. The predicted octanol–water partition coefficient (Wildman–Crippen LogP) is 13.2. The average Bonchev–Trinajstić information content (AvgIpc) is 1.64. The van der Waals surface area contributed by atoms with Gasteiger partial charge in [0.2, 0.25) is 11.6 Å². The van der Waals surface area contributed by atoms with E-state index in [9.17, 15) is 39.3 Å². The van der Waals surface area contributed by atoms with Gasteiger partial charge in [0.05, 0.1) is 150 Å². The van der Waals surface area contributed by atoms with Crippen LogP contribution in [0.5, 0.6) is 29.4 Å². The zero-order chi connectivity index (χ0) is 101. The van der Waals surface area contributed by atoms with Gasteiger partial charge >= 0.3 is 0 Å². The van der Waals surface area contributed by atoms with Gasteiger partial charge in [-0.2, -0.15) is 0 Å². The number of fused-ring (bicyclic) bond motifs is 5. The van der Waals surface area contributed by atoms with E-state index in [1.54, 1.807) is 38.7 Å². The van der Waals surface area contributed by atoms with Crippen molar-refractivity contribution in [3.05, 3.63) is 235 Å². The Kier molecular flexibility index (Phi) is 31.8. The molecule has 10 aromatic rings. The highest BCUT2D eigenvalue weighted by Crippen LogP contribution is 2.40. The lowest BCUT2D eigenvalue weighted by molar-refractivity contribution is -0.870. The van der Waals surface area contributed by atoms with Gasteiger partial charge in [0.1, 0.15) is 106 Å². The lowest BCUT2D eigenvalue weighted by Gasteiger charge is -2.23. The van der Waals surface area contributed by atoms with Crippen molar-refractivity contribution < 1.29 is 85.4 Å². The lowest BCUT2D eigenvalue weighted by Crippen LogP contribution is -2.38. The predicted molar refractivity (Wildman–Crippen MR) is 538 cm³/mol. The van der Waals surface area contributed by atoms with E-state index in [1.165, 1.54) is 48.6 Å². The molecule has 0 spiro atoms. The standard InChI is InChI=1S/C21H26N4O3.C20H23ClN4O3.2C20H25N5O2.C20H24N4O3/c1-13-7-9-17-19(22-16-8-10-18(26)14(2)20(16)27)21(23-24(17)15(13)3)28-12-11-25(4,5)6;1-12-6-7-16-19(22-15-10-14(21)17(26)11-18(15)27)20(23-24(16)13(12)2)28-9-8-25(3,4)5;1-13-6-9-18-19(22-17-8-7-15(26)12-16(17)21)20(23-24(18)14(13)2)27-11-10-25(3,4)5;1-13-6-9-17-19(22-16-8-7-15(21)12-18(16)26)20(23-24(17)14(13)2)27-11-10-25(3,4)5;1-13-6-9-17-19(21-16-8-7-15(25)12-18(16)26)20(22-23(17)14(13)2)27-11-10-24(3,4)5/h7-10H,11-12H2,1-6H3;6-7,10-11H,8-9H2,1-5H3;2*6-9,12H,10-11H2,1-5H3,(H-,21,26);6-9,12H,10-11H2,1-5H3/p+5. The molecule has 15 rings (SSSR count). The molecule has 0 unspecified atom stereocenters. The smallest absolute Gasteiger partial charge is 0.260 e. The van der Waals surface area contributed by atoms with Gasteiger partial charge in [-0.1, -0.05) is 41.9 Å². The Bertz CT molecular complexity index is 6800. The van der Waals surface area contributed by atoms with Crippen LogP contribution in [-0.4, -0.2) is 315 Å². The maximum atomic E-state index is 12.2. The number of nitrogens with zero attached hydrogens (tertiary/aromatic N) is 20. The van der Waals surface area contributed by atoms with Crippen molar-refractivity contribution in [2.24, 2.45) is 36.4 Å². The van der Waals surface area contributed by atoms with Crippen LogP contribution in [-0.2, 0) is 24.0 Å². The monoisotopic (exact) mass is 1890 g/mol. The normalized spacial score (nSPS) is 16.4. The number of rotatable bonds is 25. The van der Waals surface area contributed by atoms with Gasteiger partial charge in [0, 0.05) is 64.0 Å². The van der Waals surface area contributed by atoms with E-state index >= 15 is 0 Å². The number of nitrogens with two attached hydrogens (primary N) is 2. The molecule has 0 radical (unpaired) electrons. The molecule has 0 aliphatic heterocycles. The topological polar surface area (TPSA) is 393 Å². The number of hydrogen-bond donors (Lipinski definition) is 5. The number of carbonyl (C=O) groups excluding carboxylic acids is 5. The summed E-state index contributed by atoms with van der Waals surface area (Å²) in [5.41, 5.74) is 31.4. The highest BCUT2D eigenvalue weighted by Gasteiger charge is 2.29. The molecule has 10 heterocycles. The maximum absolute atomic E-state index is 12.2. The van der Waals surface area contributed by atoms with Crippen molar-refractivity contribution in [1.29, 1.82) is 0 Å². The van der Waals surface area contributed by atoms with E-state index in [0.717, 1.165) is 151 Å². The van der Waals surface area contributed by atoms with Crippen LogP contribution in [0.15, 0.2) is 204 Å². The van der Waals surface area contributed by atoms with Crippen LogP contribution in [0.3, 0.4) is 0 Å². The number of ketones is 5. The summed E-state index contributed by atoms with van der Waals surface area (Å²) in [7, 11) is 31.4. The summed E-state index contributed by atoms with van der Waals surface area (Å²) in [5.74, 6) is 0.219. The number of aliphatic imine (C=N–C) groups is 5. The van der Waals surface area contributed by atoms with E-state index < -0.39 is 5.78 Å². The van der Waals surface area contributed by atoms with Gasteiger partial charge in [-0.3, -0.25) is 24.0 Å². The highest BCUT2D eigenvalue weighted by molar-refractivity contribution is 6.52. The van der Waals surface area contributed by atoms with Crippen molar-refractivity contribution in [3.63, 3.8) is 0 Å². The first-order chi connectivity index (χ1) is 64.1. The van der Waals surface area contributed by atoms with Crippen LogP contribution in [0, 0.1) is 69.2 Å². The molecule has 36 heteroatoms. The summed E-state index contributed by atoms with van der Waals surface area (Å²) in [6.45, 7) is 28.1. The van der Waals surface area contributed by atoms with E-state index in [4.69, 9.17) is 46.8 Å². The average molecular weight is 1890 g/mol. The van der Waals surface area contributed by atoms with E-state index in [1.807, 2.05) is 139 Å². The molecule has 0 fully saturated rings. The van der Waals surface area contributed by atoms with Gasteiger partial charge in [-0.15, -0.1) is 25.5 Å². The zero-order valence-electron chi connectivity index (χ0n) is 83.3. The van der Waals surface area contributed by atoms with Crippen LogP contribution < -0.4 is 35.2 Å². The van der Waals surface area contributed by atoms with Crippen molar-refractivity contribution in [3.8, 4) is 29.4 Å². The number of halogens is 1. The molecule has 5 aliphatic rings. The van der Waals surface area contributed by atoms with Crippen molar-refractivity contribution in [2.45, 2.75) is 76.2 Å². The second-order valence-corrected chi connectivity index (χ2v) is 39.5. The van der Waals surface area contributed by atoms with Crippen LogP contribution in [0.25, 0.3) is 27.6 Å². The summed E-state index contributed by atoms with van der Waals surface area (Å²) in [5, 5.41) is 53.1. The van der Waals surface area contributed by atoms with E-state index in [2.05, 4.69) is 156 Å². The minimum absolute atomic E-state index is 0.0642. The molecular weight excluding hydrogens is 1760 g/mol. The first kappa shape index (κ1) is 103. The molecule has 10 aromatic heterocycles. The van der Waals surface area contributed by atoms with Crippen LogP contribution in [0.4, 0.5) is 28.4 Å². The summed E-state index contributed by atoms with van der Waals surface area (Å²) >= 11 is 5.96. The molecule has 0 bridgehead atoms. The second-order valence-electron chi connectivity index (χ2n) is 39.1. The quantitative estimate of drug-likeness (QED) is 0.0201. The number of hydrogen-bond acceptors (Lipinski definition) is 25. The number of aryl methyl sites for hydroxylation is 10. The fraction of sp³-hybridized carbons (Fsp3) is 0.356. The molecule has 0 saturated carbocycles. The first-order valence-corrected chi connectivity index (χ1v) is 45.0. The minimum Gasteiger partial charge on any atom is -0.506 e. The van der Waals surface area contributed by atoms with Gasteiger partial charge in [-0.05, 0) is 189 Å². The molecule has 7 N–H and O–H groups in total. The van der Waals surface area contributed by atoms with Gasteiger partial charge < -0.3 is 72.9 Å². The number of pyridine rings is 5. The summed E-state index contributed by atoms with van der Waals surface area (Å²) in [4.78, 5) is 82.0. The Morgan fingerprint density at radius 3 is 0.905 bits per heavy atom. The number of quaternary nitrogens is 5. The third kappa shape index (κ3) is 26.2. The Labute approximate surface area is 802 Å². The van der Waals surface area contributed by atoms with Crippen LogP contribution in [0.1, 0.15) is 63.2 Å². The zero-order valence-corrected chi connectivity index (χ0v) is 84.0. The van der Waals surface area contributed by atoms with Gasteiger partial charge in [-0.25, -0.2) is 47.5 Å². The SMILES string of the molecule is CC1=C(O)C(=Nc2c(OCC[N+](C)(C)C)nn3c(C)c(C)ccc23)C=CC1=O.Cc1ccc2c(N=C3C=C(Cl)C(O)=CC3=O)c(OCC[N+](C)(C)C)nn2c1C.Cc1ccc2c(N=C3C=CC(=O)C=C3N)c(OCC[N+](C)(C)C)nn2c1C.Cc1ccc2c(N=C3C=CC(=O)C=C3O)c(OCC[N+](C)(C)C)nn2c1C.Cc1ccc2c(N=C3C=CC(N)=CC3=O)c(OCC[N+](C)(C)C)nn2c1C. The van der Waals surface area contributed by atoms with Crippen molar-refractivity contribution in [1.82, 2.24) is 48.1 Å². The summed E-state index contributed by atoms with van der Waals surface area (Å²) < 4.78 is 42.7. The highest BCUT2D eigenvalue weighted by atomic mass is 35.5. The van der Waals surface area contributed by atoms with E-state index in [-0.39, 0.29) is 56.7 Å². The van der Waals surface area contributed by atoms with Gasteiger partial charge in [0.15, 0.2) is 45.8 Å². The molecule has 0 atom stereocenters. The molecule has 35 nitrogen and oxygen atoms in total. The number of aliphatic hydroxyl groups is 3. The van der Waals surface area contributed by atoms with Crippen molar-refractivity contribution in [2.75, 3.05) is 171 Å². The maximum Gasteiger partial charge on any atom is 0.260 e. The second kappa shape index (κ2) is 42.3. The summed E-state index contributed by atoms with van der Waals surface area (Å²) in [6.07, 6.45) is 18.5. The minimum atomic E-state index is -0.428. The molecule has 5 aliphatic carbocycles. The molecular formula is C101H128ClN22O13+5. The Hall–Kier alpha value is -14.4. The summed E-state index contributed by atoms with van der Waals surface area (Å²) in [6, 6.07) is 19.7. The Morgan fingerprint density at radius 1 is 0.314 bits per heavy atom. The molecule has 722 valence electrons. The van der Waals surface area contributed by atoms with E-state index in [0.29, 0.717) is 125 Å². The molecule has 0 saturated heterocycles. The van der Waals surface area contributed by atoms with Crippen LogP contribution in [0.2, 0.25) is 0 Å². The first-order valence-electron chi connectivity index (χ1n) is 44.6. The Balaban J connectivity index is 0.000000164. The number of aliphatic hydroxyl groups excluding tert-OH is 3. The number of allylic oxidation sites excluding steroid dienone is 15. The lowest BCUT2D eigenvalue weighted by atomic mass is 10.0. The number of likely N-dealkylation sites (N-methyl/N-ethyl adjacent to an activating group) is 5. The fourth-order valence-corrected chi connectivity index (χ4v) is 13.6. The number of carbonyl (C=O) groups is 5. The number of ether oxygens (including phenoxy) is 5. The fourth-order valence-electron chi connectivity index (χ4n) is 13.4. The third-order valence-corrected chi connectivity index (χ3v) is 23.0. The molecule has 137 heavy (non-hydrogen) atoms. The molecule has 0 amide bonds. The van der Waals surface area contributed by atoms with Crippen LogP contribution >= 0.6 is 11.6 Å². The largest absolute Gasteiger partial charge is 0.506 e. The van der Waals surface area contributed by atoms with Crippen molar-refractivity contribution >= 4 is 125 Å². The number of aromatic nitrogens is 10. The molecule has 0 aromatic carbocycles. The Morgan fingerprint density at radius 2 is 0.591 bits per heavy atom.